The molecule has 1 aliphatic carbocycles. The maximum atomic E-state index is 12.8. The lowest BCUT2D eigenvalue weighted by Gasteiger charge is -2.46. The molecule has 3 aliphatic rings. The third kappa shape index (κ3) is 2.06. The zero-order valence-electron chi connectivity index (χ0n) is 12.0. The summed E-state index contributed by atoms with van der Waals surface area (Å²) in [5.74, 6) is 1.19. The highest BCUT2D eigenvalue weighted by atomic mass is 16.1. The number of carbonyl (C=O) groups excluding carboxylic acids is 2. The fraction of sp³-hybridized carbons (Fsp3) is 0.875. The smallest absolute Gasteiger partial charge is 0.153 e. The largest absolute Gasteiger partial charge is 0.299 e. The van der Waals surface area contributed by atoms with Gasteiger partial charge in [0.15, 0.2) is 5.78 Å². The molecule has 3 rings (SSSR count). The lowest BCUT2D eigenvalue weighted by Crippen LogP contribution is -2.60. The van der Waals surface area contributed by atoms with Crippen molar-refractivity contribution < 1.29 is 9.59 Å². The Bertz CT molecular complexity index is 392. The van der Waals surface area contributed by atoms with Crippen LogP contribution in [0.15, 0.2) is 0 Å². The third-order valence-corrected chi connectivity index (χ3v) is 5.57. The summed E-state index contributed by atoms with van der Waals surface area (Å²) in [6.07, 6.45) is 7.41. The van der Waals surface area contributed by atoms with Crippen LogP contribution in [0.25, 0.3) is 0 Å². The molecular formula is C16H25NO2. The summed E-state index contributed by atoms with van der Waals surface area (Å²) in [7, 11) is 0. The molecule has 1 saturated carbocycles. The zero-order chi connectivity index (χ0) is 13.5. The van der Waals surface area contributed by atoms with E-state index in [0.29, 0.717) is 30.3 Å². The molecule has 0 N–H and O–H groups in total. The van der Waals surface area contributed by atoms with Crippen LogP contribution < -0.4 is 0 Å². The molecule has 3 unspecified atom stereocenters. The summed E-state index contributed by atoms with van der Waals surface area (Å²) < 4.78 is 0. The van der Waals surface area contributed by atoms with Crippen LogP contribution in [0.1, 0.15) is 58.3 Å². The molecule has 2 saturated heterocycles. The number of piperidine rings is 1. The van der Waals surface area contributed by atoms with Gasteiger partial charge in [-0.2, -0.15) is 0 Å². The fourth-order valence-electron chi connectivity index (χ4n) is 4.68. The molecule has 2 aliphatic heterocycles. The van der Waals surface area contributed by atoms with Gasteiger partial charge in [0, 0.05) is 18.8 Å². The van der Waals surface area contributed by atoms with Crippen LogP contribution in [0, 0.1) is 11.8 Å². The number of carbonyl (C=O) groups is 2. The van der Waals surface area contributed by atoms with E-state index in [4.69, 9.17) is 0 Å². The van der Waals surface area contributed by atoms with Gasteiger partial charge in [-0.1, -0.05) is 6.92 Å². The lowest BCUT2D eigenvalue weighted by atomic mass is 9.70. The van der Waals surface area contributed by atoms with Crippen molar-refractivity contribution in [3.8, 4) is 0 Å². The quantitative estimate of drug-likeness (QED) is 0.674. The summed E-state index contributed by atoms with van der Waals surface area (Å²) in [5, 5.41) is 0. The molecule has 0 radical (unpaired) electrons. The van der Waals surface area contributed by atoms with Crippen LogP contribution in [0.4, 0.5) is 0 Å². The van der Waals surface area contributed by atoms with E-state index in [2.05, 4.69) is 11.8 Å². The number of nitrogens with zero attached hydrogens (tertiary/aromatic N) is 1. The number of Topliss-reactive ketones (excluding diaryl/α,β-unsaturated/α-hetero) is 2. The van der Waals surface area contributed by atoms with Crippen molar-refractivity contribution in [3.05, 3.63) is 0 Å². The van der Waals surface area contributed by atoms with Gasteiger partial charge in [-0.05, 0) is 57.5 Å². The summed E-state index contributed by atoms with van der Waals surface area (Å²) in [4.78, 5) is 27.8. The monoisotopic (exact) mass is 263 g/mol. The van der Waals surface area contributed by atoms with Gasteiger partial charge in [-0.15, -0.1) is 0 Å². The molecule has 3 nitrogen and oxygen atoms in total. The highest BCUT2D eigenvalue weighted by molar-refractivity contribution is 5.96. The molecule has 1 spiro atoms. The lowest BCUT2D eigenvalue weighted by molar-refractivity contribution is -0.144. The van der Waals surface area contributed by atoms with Crippen LogP contribution in [0.5, 0.6) is 0 Å². The second-order valence-corrected chi connectivity index (χ2v) is 6.80. The molecule has 3 heteroatoms. The maximum Gasteiger partial charge on any atom is 0.153 e. The molecule has 106 valence electrons. The molecule has 0 amide bonds. The van der Waals surface area contributed by atoms with E-state index in [1.165, 1.54) is 0 Å². The van der Waals surface area contributed by atoms with E-state index in [-0.39, 0.29) is 11.5 Å². The highest BCUT2D eigenvalue weighted by Gasteiger charge is 2.55. The zero-order valence-corrected chi connectivity index (χ0v) is 12.0. The van der Waals surface area contributed by atoms with Crippen molar-refractivity contribution >= 4 is 11.6 Å². The van der Waals surface area contributed by atoms with Crippen LogP contribution >= 0.6 is 0 Å². The summed E-state index contributed by atoms with van der Waals surface area (Å²) >= 11 is 0. The second kappa shape index (κ2) is 5.01. The molecule has 2 heterocycles. The first-order valence-corrected chi connectivity index (χ1v) is 7.95. The normalized spacial score (nSPS) is 41.1. The Morgan fingerprint density at radius 1 is 1.11 bits per heavy atom. The minimum absolute atomic E-state index is 0.00296. The molecule has 0 aromatic carbocycles. The molecule has 0 aromatic rings. The molecule has 3 fully saturated rings. The Labute approximate surface area is 115 Å². The summed E-state index contributed by atoms with van der Waals surface area (Å²) in [6.45, 7) is 4.20. The molecule has 0 bridgehead atoms. The minimum atomic E-state index is -0.389. The van der Waals surface area contributed by atoms with Crippen LogP contribution in [0.3, 0.4) is 0 Å². The number of hydrogen-bond donors (Lipinski definition) is 0. The van der Waals surface area contributed by atoms with Crippen LogP contribution in [0.2, 0.25) is 0 Å². The van der Waals surface area contributed by atoms with Crippen molar-refractivity contribution in [2.45, 2.75) is 63.8 Å². The number of ketones is 2. The fourth-order valence-corrected chi connectivity index (χ4v) is 4.68. The molecule has 0 aromatic heterocycles. The first-order chi connectivity index (χ1) is 9.14. The van der Waals surface area contributed by atoms with Crippen LogP contribution in [-0.4, -0.2) is 35.1 Å². The SMILES string of the molecule is CC1CCCC(=O)C23CCCN2CCCC3C(=O)C1. The van der Waals surface area contributed by atoms with E-state index >= 15 is 0 Å². The van der Waals surface area contributed by atoms with Gasteiger partial charge < -0.3 is 0 Å². The van der Waals surface area contributed by atoms with Crippen molar-refractivity contribution in [2.24, 2.45) is 11.8 Å². The average molecular weight is 263 g/mol. The summed E-state index contributed by atoms with van der Waals surface area (Å²) in [6, 6.07) is 0. The predicted molar refractivity (Wildman–Crippen MR) is 73.9 cm³/mol. The first kappa shape index (κ1) is 13.3. The van der Waals surface area contributed by atoms with Crippen molar-refractivity contribution in [2.75, 3.05) is 13.1 Å². The predicted octanol–water partition coefficient (Wildman–Crippen LogP) is 2.58. The van der Waals surface area contributed by atoms with Gasteiger partial charge in [0.2, 0.25) is 0 Å². The molecular weight excluding hydrogens is 238 g/mol. The average Bonchev–Trinajstić information content (AvgIpc) is 2.82. The van der Waals surface area contributed by atoms with Crippen molar-refractivity contribution in [1.29, 1.82) is 0 Å². The van der Waals surface area contributed by atoms with E-state index in [9.17, 15) is 9.59 Å². The molecule has 3 atom stereocenters. The van der Waals surface area contributed by atoms with E-state index in [1.54, 1.807) is 0 Å². The Kier molecular flexibility index (Phi) is 3.50. The van der Waals surface area contributed by atoms with E-state index in [1.807, 2.05) is 0 Å². The van der Waals surface area contributed by atoms with E-state index < -0.39 is 0 Å². The molecule has 19 heavy (non-hydrogen) atoms. The Morgan fingerprint density at radius 2 is 1.89 bits per heavy atom. The van der Waals surface area contributed by atoms with Gasteiger partial charge >= 0.3 is 0 Å². The third-order valence-electron chi connectivity index (χ3n) is 5.57. The Hall–Kier alpha value is -0.700. The summed E-state index contributed by atoms with van der Waals surface area (Å²) in [5.41, 5.74) is -0.389. The Morgan fingerprint density at radius 3 is 2.74 bits per heavy atom. The van der Waals surface area contributed by atoms with Crippen molar-refractivity contribution in [3.63, 3.8) is 0 Å². The maximum absolute atomic E-state index is 12.8. The van der Waals surface area contributed by atoms with Gasteiger partial charge in [-0.25, -0.2) is 0 Å². The number of hydrogen-bond acceptors (Lipinski definition) is 3. The van der Waals surface area contributed by atoms with Gasteiger partial charge in [0.05, 0.1) is 5.54 Å². The highest BCUT2D eigenvalue weighted by Crippen LogP contribution is 2.45. The minimum Gasteiger partial charge on any atom is -0.299 e. The number of rotatable bonds is 0. The topological polar surface area (TPSA) is 37.4 Å². The first-order valence-electron chi connectivity index (χ1n) is 7.95. The van der Waals surface area contributed by atoms with Gasteiger partial charge in [-0.3, -0.25) is 14.5 Å². The van der Waals surface area contributed by atoms with Crippen molar-refractivity contribution in [1.82, 2.24) is 4.90 Å². The van der Waals surface area contributed by atoms with Gasteiger partial charge in [0.1, 0.15) is 5.78 Å². The standard InChI is InChI=1S/C16H25NO2/c1-12-5-2-7-15(19)16-8-4-10-17(16)9-3-6-13(16)14(18)11-12/h12-13H,2-11H2,1H3. The second-order valence-electron chi connectivity index (χ2n) is 6.80. The Balaban J connectivity index is 1.98. The van der Waals surface area contributed by atoms with Gasteiger partial charge in [0.25, 0.3) is 0 Å². The van der Waals surface area contributed by atoms with Crippen LogP contribution in [-0.2, 0) is 9.59 Å². The van der Waals surface area contributed by atoms with E-state index in [0.717, 1.165) is 51.6 Å².